The van der Waals surface area contributed by atoms with Gasteiger partial charge < -0.3 is 4.74 Å². The second-order valence-electron chi connectivity index (χ2n) is 6.82. The summed E-state index contributed by atoms with van der Waals surface area (Å²) >= 11 is 1.58. The van der Waals surface area contributed by atoms with Gasteiger partial charge in [0.2, 0.25) is 0 Å². The summed E-state index contributed by atoms with van der Waals surface area (Å²) < 4.78 is 5.19. The predicted octanol–water partition coefficient (Wildman–Crippen LogP) is 6.66. The molecule has 0 spiro atoms. The number of carbonyl (C=O) groups excluding carboxylic acids is 1. The molecule has 0 saturated carbocycles. The van der Waals surface area contributed by atoms with E-state index in [0.717, 1.165) is 32.7 Å². The van der Waals surface area contributed by atoms with Gasteiger partial charge in [0.15, 0.2) is 0 Å². The Kier molecular flexibility index (Phi) is 3.99. The number of carbonyl (C=O) groups is 1. The van der Waals surface area contributed by atoms with E-state index < -0.39 is 0 Å². The number of hydrogen-bond donors (Lipinski definition) is 0. The molecule has 1 aliphatic rings. The number of thioether (sulfide) groups is 1. The molecule has 4 aromatic rings. The summed E-state index contributed by atoms with van der Waals surface area (Å²) in [5.74, 6) is -0.287. The molecule has 3 heteroatoms. The van der Waals surface area contributed by atoms with Gasteiger partial charge in [-0.05, 0) is 50.9 Å². The molecule has 0 atom stereocenters. The average Bonchev–Trinajstić information content (AvgIpc) is 3.09. The van der Waals surface area contributed by atoms with Crippen molar-refractivity contribution >= 4 is 28.5 Å². The van der Waals surface area contributed by atoms with Gasteiger partial charge in [-0.15, -0.1) is 11.8 Å². The van der Waals surface area contributed by atoms with Crippen molar-refractivity contribution in [2.24, 2.45) is 0 Å². The van der Waals surface area contributed by atoms with Gasteiger partial charge in [-0.2, -0.15) is 0 Å². The Morgan fingerprint density at radius 1 is 0.821 bits per heavy atom. The zero-order valence-corrected chi connectivity index (χ0v) is 16.5. The fourth-order valence-electron chi connectivity index (χ4n) is 4.28. The lowest BCUT2D eigenvalue weighted by Gasteiger charge is -2.17. The third-order valence-corrected chi connectivity index (χ3v) is 6.19. The van der Waals surface area contributed by atoms with Crippen LogP contribution in [0.3, 0.4) is 0 Å². The van der Waals surface area contributed by atoms with Gasteiger partial charge in [-0.25, -0.2) is 4.79 Å². The highest BCUT2D eigenvalue weighted by atomic mass is 32.2. The van der Waals surface area contributed by atoms with Crippen LogP contribution in [0.1, 0.15) is 10.4 Å². The fraction of sp³-hybridized carbons (Fsp3) is 0.0800. The van der Waals surface area contributed by atoms with Crippen LogP contribution in [0, 0.1) is 0 Å². The third kappa shape index (κ3) is 2.33. The molecule has 0 unspecified atom stereocenters. The Morgan fingerprint density at radius 3 is 2.14 bits per heavy atom. The Hall–Kier alpha value is -3.04. The number of methoxy groups -OCH3 is 1. The summed E-state index contributed by atoms with van der Waals surface area (Å²) in [6.07, 6.45) is 2.01. The summed E-state index contributed by atoms with van der Waals surface area (Å²) in [5, 5.41) is 2.40. The van der Waals surface area contributed by atoms with E-state index in [2.05, 4.69) is 66.7 Å². The van der Waals surface area contributed by atoms with Crippen LogP contribution in [0.25, 0.3) is 44.2 Å². The van der Waals surface area contributed by atoms with E-state index in [1.807, 2.05) is 12.3 Å². The number of esters is 1. The summed E-state index contributed by atoms with van der Waals surface area (Å²) in [5.41, 5.74) is 7.36. The van der Waals surface area contributed by atoms with Gasteiger partial charge in [-0.1, -0.05) is 66.7 Å². The van der Waals surface area contributed by atoms with Crippen LogP contribution < -0.4 is 0 Å². The van der Waals surface area contributed by atoms with Gasteiger partial charge in [0.05, 0.1) is 12.7 Å². The molecule has 28 heavy (non-hydrogen) atoms. The number of hydrogen-bond acceptors (Lipinski definition) is 3. The van der Waals surface area contributed by atoms with E-state index in [-0.39, 0.29) is 5.97 Å². The highest BCUT2D eigenvalue weighted by Crippen LogP contribution is 2.54. The molecule has 2 nitrogen and oxygen atoms in total. The van der Waals surface area contributed by atoms with E-state index in [9.17, 15) is 4.79 Å². The first-order valence-corrected chi connectivity index (χ1v) is 10.4. The zero-order chi connectivity index (χ0) is 19.3. The Bertz CT molecular complexity index is 1240. The Labute approximate surface area is 168 Å². The quantitative estimate of drug-likeness (QED) is 0.258. The highest BCUT2D eigenvalue weighted by molar-refractivity contribution is 7.98. The van der Waals surface area contributed by atoms with Crippen LogP contribution in [-0.4, -0.2) is 19.3 Å². The molecular formula is C25H18O2S. The monoisotopic (exact) mass is 382 g/mol. The standard InChI is InChI=1S/C25H18O2S/c1-27-25(26)24-20(28-2)14-19(15-8-4-3-5-9-15)22-17-12-6-10-16-11-7-13-18(21(16)17)23(22)24/h3-14H,1-2H3. The first kappa shape index (κ1) is 17.1. The summed E-state index contributed by atoms with van der Waals surface area (Å²) in [4.78, 5) is 13.8. The minimum atomic E-state index is -0.287. The third-order valence-electron chi connectivity index (χ3n) is 5.43. The molecule has 0 N–H and O–H groups in total. The minimum absolute atomic E-state index is 0.287. The second kappa shape index (κ2) is 6.54. The Balaban J connectivity index is 1.99. The molecule has 1 aliphatic carbocycles. The fourth-order valence-corrected chi connectivity index (χ4v) is 4.90. The summed E-state index contributed by atoms with van der Waals surface area (Å²) in [6, 6.07) is 25.2. The van der Waals surface area contributed by atoms with Crippen molar-refractivity contribution in [3.63, 3.8) is 0 Å². The number of ether oxygens (including phenoxy) is 1. The topological polar surface area (TPSA) is 26.3 Å². The van der Waals surface area contributed by atoms with Crippen molar-refractivity contribution in [1.82, 2.24) is 0 Å². The molecule has 5 rings (SSSR count). The molecule has 0 heterocycles. The molecular weight excluding hydrogens is 364 g/mol. The van der Waals surface area contributed by atoms with E-state index >= 15 is 0 Å². The van der Waals surface area contributed by atoms with E-state index in [1.54, 1.807) is 11.8 Å². The SMILES string of the molecule is COC(=O)c1c(SC)cc(-c2ccccc2)c2c1-c1cccc3cccc-2c13. The smallest absolute Gasteiger partial charge is 0.339 e. The number of fused-ring (bicyclic) bond motifs is 3. The van der Waals surface area contributed by atoms with Crippen molar-refractivity contribution in [3.05, 3.63) is 78.4 Å². The van der Waals surface area contributed by atoms with Crippen LogP contribution in [0.2, 0.25) is 0 Å². The highest BCUT2D eigenvalue weighted by Gasteiger charge is 2.31. The van der Waals surface area contributed by atoms with E-state index in [0.29, 0.717) is 5.56 Å². The first-order valence-electron chi connectivity index (χ1n) is 9.15. The average molecular weight is 382 g/mol. The zero-order valence-electron chi connectivity index (χ0n) is 15.7. The molecule has 4 aromatic carbocycles. The maximum Gasteiger partial charge on any atom is 0.339 e. The molecule has 0 radical (unpaired) electrons. The minimum Gasteiger partial charge on any atom is -0.465 e. The van der Waals surface area contributed by atoms with E-state index in [4.69, 9.17) is 4.74 Å². The van der Waals surface area contributed by atoms with Crippen LogP contribution in [0.4, 0.5) is 0 Å². The van der Waals surface area contributed by atoms with E-state index in [1.165, 1.54) is 23.4 Å². The van der Waals surface area contributed by atoms with Gasteiger partial charge in [0.1, 0.15) is 0 Å². The molecule has 0 aliphatic heterocycles. The second-order valence-corrected chi connectivity index (χ2v) is 7.67. The largest absolute Gasteiger partial charge is 0.465 e. The van der Waals surface area contributed by atoms with Crippen LogP contribution in [0.15, 0.2) is 77.7 Å². The molecule has 0 aromatic heterocycles. The van der Waals surface area contributed by atoms with Gasteiger partial charge >= 0.3 is 5.97 Å². The number of rotatable bonds is 3. The van der Waals surface area contributed by atoms with Crippen molar-refractivity contribution in [2.45, 2.75) is 4.90 Å². The maximum atomic E-state index is 12.8. The van der Waals surface area contributed by atoms with Crippen LogP contribution in [-0.2, 0) is 4.74 Å². The van der Waals surface area contributed by atoms with Gasteiger partial charge in [-0.3, -0.25) is 0 Å². The van der Waals surface area contributed by atoms with Crippen LogP contribution >= 0.6 is 11.8 Å². The molecule has 0 fully saturated rings. The van der Waals surface area contributed by atoms with Gasteiger partial charge in [0, 0.05) is 10.5 Å². The summed E-state index contributed by atoms with van der Waals surface area (Å²) in [6.45, 7) is 0. The molecule has 0 saturated heterocycles. The van der Waals surface area contributed by atoms with Crippen LogP contribution in [0.5, 0.6) is 0 Å². The summed E-state index contributed by atoms with van der Waals surface area (Å²) in [7, 11) is 1.45. The molecule has 0 bridgehead atoms. The van der Waals surface area contributed by atoms with Crippen molar-refractivity contribution < 1.29 is 9.53 Å². The Morgan fingerprint density at radius 2 is 1.50 bits per heavy atom. The van der Waals surface area contributed by atoms with Gasteiger partial charge in [0.25, 0.3) is 0 Å². The lowest BCUT2D eigenvalue weighted by atomic mass is 9.90. The molecule has 0 amide bonds. The maximum absolute atomic E-state index is 12.8. The number of benzene rings is 4. The van der Waals surface area contributed by atoms with Crippen molar-refractivity contribution in [2.75, 3.05) is 13.4 Å². The first-order chi connectivity index (χ1) is 13.7. The van der Waals surface area contributed by atoms with Crippen molar-refractivity contribution in [1.29, 1.82) is 0 Å². The lowest BCUT2D eigenvalue weighted by Crippen LogP contribution is -2.06. The lowest BCUT2D eigenvalue weighted by molar-refractivity contribution is 0.0598. The normalized spacial score (nSPS) is 11.5. The van der Waals surface area contributed by atoms with Crippen molar-refractivity contribution in [3.8, 4) is 33.4 Å². The molecule has 136 valence electrons. The predicted molar refractivity (Wildman–Crippen MR) is 117 cm³/mol.